The number of benzene rings is 3. The van der Waals surface area contributed by atoms with Crippen molar-refractivity contribution in [2.75, 3.05) is 11.4 Å². The zero-order valence-corrected chi connectivity index (χ0v) is 22.2. The molecule has 0 bridgehead atoms. The first kappa shape index (κ1) is 26.1. The first-order chi connectivity index (χ1) is 17.5. The van der Waals surface area contributed by atoms with Gasteiger partial charge in [-0.05, 0) is 54.3 Å². The van der Waals surface area contributed by atoms with Gasteiger partial charge in [0.25, 0.3) is 5.91 Å². The summed E-state index contributed by atoms with van der Waals surface area (Å²) in [6, 6.07) is 27.2. The van der Waals surface area contributed by atoms with Crippen LogP contribution in [0.15, 0.2) is 89.8 Å². The van der Waals surface area contributed by atoms with Crippen molar-refractivity contribution in [3.8, 4) is 0 Å². The third-order valence-electron chi connectivity index (χ3n) is 5.87. The van der Waals surface area contributed by atoms with E-state index in [-0.39, 0.29) is 11.8 Å². The van der Waals surface area contributed by atoms with Crippen LogP contribution >= 0.6 is 35.6 Å². The molecule has 0 N–H and O–H groups in total. The second kappa shape index (κ2) is 12.9. The fraction of sp³-hybridized carbons (Fsp3) is 0.207. The number of halogens is 1. The van der Waals surface area contributed by atoms with Crippen LogP contribution in [0.3, 0.4) is 0 Å². The van der Waals surface area contributed by atoms with Gasteiger partial charge in [0, 0.05) is 23.7 Å². The van der Waals surface area contributed by atoms with E-state index in [1.165, 1.54) is 11.8 Å². The number of hydrogen-bond donors (Lipinski definition) is 0. The van der Waals surface area contributed by atoms with E-state index in [1.54, 1.807) is 17.0 Å². The lowest BCUT2D eigenvalue weighted by atomic mass is 10.1. The van der Waals surface area contributed by atoms with Crippen molar-refractivity contribution in [2.24, 2.45) is 0 Å². The number of thioether (sulfide) groups is 1. The minimum absolute atomic E-state index is 0.0610. The van der Waals surface area contributed by atoms with Crippen LogP contribution in [0.2, 0.25) is 5.02 Å². The molecule has 0 spiro atoms. The predicted molar refractivity (Wildman–Crippen MR) is 154 cm³/mol. The first-order valence-electron chi connectivity index (χ1n) is 11.9. The third kappa shape index (κ3) is 7.06. The molecule has 1 saturated heterocycles. The molecule has 1 fully saturated rings. The van der Waals surface area contributed by atoms with Crippen LogP contribution in [0.25, 0.3) is 6.08 Å². The number of rotatable bonds is 10. The van der Waals surface area contributed by atoms with Gasteiger partial charge in [0.1, 0.15) is 4.32 Å². The van der Waals surface area contributed by atoms with Gasteiger partial charge in [-0.3, -0.25) is 14.5 Å². The Bertz CT molecular complexity index is 1230. The maximum Gasteiger partial charge on any atom is 0.266 e. The molecule has 2 amide bonds. The molecule has 1 aliphatic rings. The van der Waals surface area contributed by atoms with Gasteiger partial charge in [0.15, 0.2) is 0 Å². The quantitative estimate of drug-likeness (QED) is 0.155. The topological polar surface area (TPSA) is 40.6 Å². The van der Waals surface area contributed by atoms with Crippen molar-refractivity contribution in [1.82, 2.24) is 4.90 Å². The second-order valence-electron chi connectivity index (χ2n) is 8.50. The maximum absolute atomic E-state index is 13.1. The highest BCUT2D eigenvalue weighted by atomic mass is 35.5. The molecule has 1 heterocycles. The van der Waals surface area contributed by atoms with Gasteiger partial charge in [-0.25, -0.2) is 0 Å². The maximum atomic E-state index is 13.1. The molecule has 1 aliphatic heterocycles. The number of unbranched alkanes of at least 4 members (excludes halogenated alkanes) is 2. The Balaban J connectivity index is 1.27. The number of carbonyl (C=O) groups is 2. The highest BCUT2D eigenvalue weighted by Crippen LogP contribution is 2.33. The number of anilines is 1. The van der Waals surface area contributed by atoms with E-state index in [1.807, 2.05) is 83.8 Å². The number of hydrogen-bond acceptors (Lipinski definition) is 4. The fourth-order valence-electron chi connectivity index (χ4n) is 3.96. The Morgan fingerprint density at radius 3 is 2.28 bits per heavy atom. The van der Waals surface area contributed by atoms with Crippen LogP contribution in [0.1, 0.15) is 36.8 Å². The van der Waals surface area contributed by atoms with Crippen molar-refractivity contribution in [2.45, 2.75) is 32.2 Å². The van der Waals surface area contributed by atoms with Gasteiger partial charge in [0.2, 0.25) is 5.91 Å². The summed E-state index contributed by atoms with van der Waals surface area (Å²) in [5.74, 6) is 0.0377. The average molecular weight is 535 g/mol. The summed E-state index contributed by atoms with van der Waals surface area (Å²) in [5.41, 5.74) is 2.91. The highest BCUT2D eigenvalue weighted by Gasteiger charge is 2.31. The van der Waals surface area contributed by atoms with Gasteiger partial charge in [0.05, 0.1) is 11.4 Å². The molecule has 0 radical (unpaired) electrons. The molecule has 0 atom stereocenters. The molecule has 184 valence electrons. The minimum atomic E-state index is -0.0610. The Morgan fingerprint density at radius 1 is 0.917 bits per heavy atom. The minimum Gasteiger partial charge on any atom is -0.308 e. The van der Waals surface area contributed by atoms with Crippen molar-refractivity contribution in [1.29, 1.82) is 0 Å². The molecular weight excluding hydrogens is 508 g/mol. The molecule has 36 heavy (non-hydrogen) atoms. The van der Waals surface area contributed by atoms with E-state index in [2.05, 4.69) is 0 Å². The zero-order valence-electron chi connectivity index (χ0n) is 19.8. The average Bonchev–Trinajstić information content (AvgIpc) is 3.16. The Morgan fingerprint density at radius 2 is 1.58 bits per heavy atom. The lowest BCUT2D eigenvalue weighted by Crippen LogP contribution is -2.30. The molecule has 4 rings (SSSR count). The molecule has 0 aliphatic carbocycles. The summed E-state index contributed by atoms with van der Waals surface area (Å²) < 4.78 is 0.578. The standard InChI is InChI=1S/C29H27ClN2O2S2/c30-24-17-15-22(16-18-24)20-26-28(34)31(29(35)36-26)19-9-3-8-14-27(33)32(25-12-6-2-7-13-25)21-23-10-4-1-5-11-23/h1-2,4-7,10-13,15-18,20H,3,8-9,14,19,21H2. The summed E-state index contributed by atoms with van der Waals surface area (Å²) in [4.78, 5) is 30.1. The van der Waals surface area contributed by atoms with Crippen LogP contribution in [-0.4, -0.2) is 27.6 Å². The molecule has 7 heteroatoms. The molecule has 0 saturated carbocycles. The summed E-state index contributed by atoms with van der Waals surface area (Å²) in [6.45, 7) is 1.10. The van der Waals surface area contributed by atoms with Gasteiger partial charge >= 0.3 is 0 Å². The Labute approximate surface area is 226 Å². The Kier molecular flexibility index (Phi) is 9.34. The van der Waals surface area contributed by atoms with Crippen molar-refractivity contribution < 1.29 is 9.59 Å². The normalized spacial score (nSPS) is 14.5. The van der Waals surface area contributed by atoms with E-state index in [9.17, 15) is 9.59 Å². The van der Waals surface area contributed by atoms with Gasteiger partial charge in [-0.1, -0.05) is 103 Å². The summed E-state index contributed by atoms with van der Waals surface area (Å²) in [6.07, 6.45) is 4.69. The van der Waals surface area contributed by atoms with Gasteiger partial charge < -0.3 is 4.90 Å². The molecule has 4 nitrogen and oxygen atoms in total. The monoisotopic (exact) mass is 534 g/mol. The van der Waals surface area contributed by atoms with E-state index in [4.69, 9.17) is 23.8 Å². The second-order valence-corrected chi connectivity index (χ2v) is 10.6. The lowest BCUT2D eigenvalue weighted by Gasteiger charge is -2.23. The first-order valence-corrected chi connectivity index (χ1v) is 13.5. The van der Waals surface area contributed by atoms with Crippen molar-refractivity contribution in [3.63, 3.8) is 0 Å². The third-order valence-corrected chi connectivity index (χ3v) is 7.50. The molecule has 0 unspecified atom stereocenters. The van der Waals surface area contributed by atoms with Crippen LogP contribution in [0, 0.1) is 0 Å². The lowest BCUT2D eigenvalue weighted by molar-refractivity contribution is -0.122. The molecule has 3 aromatic rings. The number of para-hydroxylation sites is 1. The van der Waals surface area contributed by atoms with Crippen molar-refractivity contribution in [3.05, 3.63) is 106 Å². The largest absolute Gasteiger partial charge is 0.308 e. The SMILES string of the molecule is O=C1C(=Cc2ccc(Cl)cc2)SC(=S)N1CCCCCC(=O)N(Cc1ccccc1)c1ccccc1. The predicted octanol–water partition coefficient (Wildman–Crippen LogP) is 7.34. The summed E-state index contributed by atoms with van der Waals surface area (Å²) in [5, 5.41) is 0.658. The molecule has 3 aromatic carbocycles. The van der Waals surface area contributed by atoms with Gasteiger partial charge in [-0.2, -0.15) is 0 Å². The highest BCUT2D eigenvalue weighted by molar-refractivity contribution is 8.26. The number of nitrogens with zero attached hydrogens (tertiary/aromatic N) is 2. The fourth-order valence-corrected chi connectivity index (χ4v) is 5.39. The smallest absolute Gasteiger partial charge is 0.266 e. The van der Waals surface area contributed by atoms with Crippen molar-refractivity contribution >= 4 is 63.5 Å². The van der Waals surface area contributed by atoms with Crippen LogP contribution in [0.4, 0.5) is 5.69 Å². The van der Waals surface area contributed by atoms with Crippen LogP contribution in [0.5, 0.6) is 0 Å². The number of carbonyl (C=O) groups excluding carboxylic acids is 2. The van der Waals surface area contributed by atoms with E-state index < -0.39 is 0 Å². The van der Waals surface area contributed by atoms with E-state index in [0.29, 0.717) is 33.8 Å². The summed E-state index contributed by atoms with van der Waals surface area (Å²) in [7, 11) is 0. The zero-order chi connectivity index (χ0) is 25.3. The van der Waals surface area contributed by atoms with Crippen LogP contribution < -0.4 is 4.90 Å². The number of thiocarbonyl (C=S) groups is 1. The molecular formula is C29H27ClN2O2S2. The Hall–Kier alpha value is -2.93. The molecule has 0 aromatic heterocycles. The number of amides is 2. The van der Waals surface area contributed by atoms with E-state index in [0.717, 1.165) is 36.1 Å². The van der Waals surface area contributed by atoms with E-state index >= 15 is 0 Å². The van der Waals surface area contributed by atoms with Gasteiger partial charge in [-0.15, -0.1) is 0 Å². The van der Waals surface area contributed by atoms with Crippen LogP contribution in [-0.2, 0) is 16.1 Å². The summed E-state index contributed by atoms with van der Waals surface area (Å²) >= 11 is 12.7.